The average molecular weight is 254 g/mol. The van der Waals surface area contributed by atoms with Crippen LogP contribution < -0.4 is 0 Å². The van der Waals surface area contributed by atoms with E-state index in [9.17, 15) is 10.1 Å². The molecule has 104 valence electrons. The largest absolute Gasteiger partial charge is 0.385 e. The summed E-state index contributed by atoms with van der Waals surface area (Å²) in [5.74, 6) is -0.0372. The van der Waals surface area contributed by atoms with Crippen LogP contribution in [0, 0.1) is 16.7 Å². The van der Waals surface area contributed by atoms with E-state index in [1.807, 2.05) is 13.8 Å². The van der Waals surface area contributed by atoms with Gasteiger partial charge in [0.25, 0.3) is 0 Å². The molecule has 0 radical (unpaired) electrons. The number of amides is 1. The van der Waals surface area contributed by atoms with Gasteiger partial charge in [0.2, 0.25) is 5.91 Å². The van der Waals surface area contributed by atoms with E-state index < -0.39 is 5.41 Å². The number of nitrogens with zero attached hydrogens (tertiary/aromatic N) is 2. The number of hydrogen-bond acceptors (Lipinski definition) is 3. The minimum absolute atomic E-state index is 0.0372. The molecule has 0 bridgehead atoms. The topological polar surface area (TPSA) is 53.3 Å². The molecule has 4 heteroatoms. The normalized spacial score (nSPS) is 11.1. The van der Waals surface area contributed by atoms with Crippen LogP contribution in [0.3, 0.4) is 0 Å². The molecule has 0 saturated carbocycles. The maximum atomic E-state index is 12.4. The number of nitriles is 1. The first-order valence-corrected chi connectivity index (χ1v) is 6.73. The Balaban J connectivity index is 4.68. The summed E-state index contributed by atoms with van der Waals surface area (Å²) < 4.78 is 4.98. The lowest BCUT2D eigenvalue weighted by Crippen LogP contribution is -2.42. The molecule has 0 saturated heterocycles. The first-order valence-electron chi connectivity index (χ1n) is 6.73. The molecular weight excluding hydrogens is 228 g/mol. The van der Waals surface area contributed by atoms with Gasteiger partial charge in [0.05, 0.1) is 6.07 Å². The Kier molecular flexibility index (Phi) is 8.40. The molecule has 0 spiro atoms. The van der Waals surface area contributed by atoms with Gasteiger partial charge < -0.3 is 9.64 Å². The molecule has 4 nitrogen and oxygen atoms in total. The first-order chi connectivity index (χ1) is 8.57. The smallest absolute Gasteiger partial charge is 0.242 e. The van der Waals surface area contributed by atoms with Gasteiger partial charge in [-0.2, -0.15) is 5.26 Å². The van der Waals surface area contributed by atoms with Gasteiger partial charge in [-0.1, -0.05) is 26.7 Å². The van der Waals surface area contributed by atoms with Gasteiger partial charge in [-0.15, -0.1) is 0 Å². The van der Waals surface area contributed by atoms with Gasteiger partial charge in [0, 0.05) is 27.3 Å². The Morgan fingerprint density at radius 2 is 1.89 bits per heavy atom. The Morgan fingerprint density at radius 3 is 2.28 bits per heavy atom. The van der Waals surface area contributed by atoms with Gasteiger partial charge >= 0.3 is 0 Å². The zero-order valence-electron chi connectivity index (χ0n) is 12.2. The van der Waals surface area contributed by atoms with E-state index in [0.29, 0.717) is 26.0 Å². The van der Waals surface area contributed by atoms with Crippen LogP contribution in [0.1, 0.15) is 46.0 Å². The number of carbonyl (C=O) groups is 1. The number of rotatable bonds is 9. The van der Waals surface area contributed by atoms with Gasteiger partial charge in [-0.25, -0.2) is 0 Å². The maximum Gasteiger partial charge on any atom is 0.242 e. The number of ether oxygens (including phenoxy) is 1. The molecule has 0 N–H and O–H groups in total. The Hall–Kier alpha value is -1.08. The summed E-state index contributed by atoms with van der Waals surface area (Å²) in [5, 5.41) is 9.41. The highest BCUT2D eigenvalue weighted by molar-refractivity contribution is 5.85. The van der Waals surface area contributed by atoms with Crippen LogP contribution >= 0.6 is 0 Å². The Bertz CT molecular complexity index is 278. The van der Waals surface area contributed by atoms with Crippen LogP contribution in [-0.2, 0) is 9.53 Å². The van der Waals surface area contributed by atoms with Crippen molar-refractivity contribution in [3.8, 4) is 6.07 Å². The van der Waals surface area contributed by atoms with Gasteiger partial charge in [0.1, 0.15) is 5.41 Å². The summed E-state index contributed by atoms with van der Waals surface area (Å²) in [7, 11) is 3.42. The highest BCUT2D eigenvalue weighted by atomic mass is 16.5. The monoisotopic (exact) mass is 254 g/mol. The third-order valence-electron chi connectivity index (χ3n) is 3.17. The van der Waals surface area contributed by atoms with Crippen molar-refractivity contribution in [3.63, 3.8) is 0 Å². The number of carbonyl (C=O) groups excluding carboxylic acids is 1. The molecule has 0 aliphatic rings. The average Bonchev–Trinajstić information content (AvgIpc) is 2.37. The fourth-order valence-corrected chi connectivity index (χ4v) is 2.26. The van der Waals surface area contributed by atoms with E-state index in [2.05, 4.69) is 6.07 Å². The highest BCUT2D eigenvalue weighted by Gasteiger charge is 2.38. The molecule has 0 heterocycles. The van der Waals surface area contributed by atoms with Crippen molar-refractivity contribution in [3.05, 3.63) is 0 Å². The second-order valence-corrected chi connectivity index (χ2v) is 4.77. The summed E-state index contributed by atoms with van der Waals surface area (Å²) in [6.45, 7) is 5.31. The van der Waals surface area contributed by atoms with Gasteiger partial charge in [-0.3, -0.25) is 4.79 Å². The minimum Gasteiger partial charge on any atom is -0.385 e. The zero-order valence-corrected chi connectivity index (χ0v) is 12.2. The molecule has 0 aromatic carbocycles. The van der Waals surface area contributed by atoms with Crippen LogP contribution in [0.2, 0.25) is 0 Å². The molecule has 0 aliphatic heterocycles. The van der Waals surface area contributed by atoms with E-state index >= 15 is 0 Å². The van der Waals surface area contributed by atoms with Crippen molar-refractivity contribution >= 4 is 5.91 Å². The predicted octanol–water partition coefficient (Wildman–Crippen LogP) is 2.59. The molecule has 0 aromatic rings. The Labute approximate surface area is 111 Å². The highest BCUT2D eigenvalue weighted by Crippen LogP contribution is 2.31. The summed E-state index contributed by atoms with van der Waals surface area (Å²) in [6, 6.07) is 2.27. The second-order valence-electron chi connectivity index (χ2n) is 4.77. The Morgan fingerprint density at radius 1 is 1.33 bits per heavy atom. The molecule has 0 atom stereocenters. The molecule has 0 aromatic heterocycles. The third kappa shape index (κ3) is 4.66. The van der Waals surface area contributed by atoms with Crippen LogP contribution in [0.5, 0.6) is 0 Å². The third-order valence-corrected chi connectivity index (χ3v) is 3.17. The lowest BCUT2D eigenvalue weighted by Gasteiger charge is -2.30. The summed E-state index contributed by atoms with van der Waals surface area (Å²) >= 11 is 0. The first kappa shape index (κ1) is 16.9. The number of methoxy groups -OCH3 is 1. The van der Waals surface area contributed by atoms with E-state index in [1.54, 1.807) is 19.1 Å². The summed E-state index contributed by atoms with van der Waals surface area (Å²) in [4.78, 5) is 14.1. The summed E-state index contributed by atoms with van der Waals surface area (Å²) in [5.41, 5.74) is -0.828. The van der Waals surface area contributed by atoms with Crippen molar-refractivity contribution in [1.82, 2.24) is 4.90 Å². The SMILES string of the molecule is CCCC(C#N)(CCC)C(=O)N(C)CCCOC. The van der Waals surface area contributed by atoms with Crippen LogP contribution in [0.25, 0.3) is 0 Å². The maximum absolute atomic E-state index is 12.4. The second kappa shape index (κ2) is 8.93. The van der Waals surface area contributed by atoms with E-state index in [-0.39, 0.29) is 5.91 Å². The van der Waals surface area contributed by atoms with Crippen molar-refractivity contribution in [1.29, 1.82) is 5.26 Å². The fourth-order valence-electron chi connectivity index (χ4n) is 2.26. The van der Waals surface area contributed by atoms with Crippen LogP contribution in [-0.4, -0.2) is 38.1 Å². The van der Waals surface area contributed by atoms with Gasteiger partial charge in [-0.05, 0) is 19.3 Å². The zero-order chi connectivity index (χ0) is 14.0. The van der Waals surface area contributed by atoms with Crippen molar-refractivity contribution in [2.75, 3.05) is 27.3 Å². The van der Waals surface area contributed by atoms with Crippen LogP contribution in [0.15, 0.2) is 0 Å². The van der Waals surface area contributed by atoms with Gasteiger partial charge in [0.15, 0.2) is 0 Å². The summed E-state index contributed by atoms with van der Waals surface area (Å²) in [6.07, 6.45) is 3.80. The van der Waals surface area contributed by atoms with Crippen LogP contribution in [0.4, 0.5) is 0 Å². The fraction of sp³-hybridized carbons (Fsp3) is 0.857. The number of hydrogen-bond donors (Lipinski definition) is 0. The van der Waals surface area contributed by atoms with Crippen molar-refractivity contribution < 1.29 is 9.53 Å². The predicted molar refractivity (Wildman–Crippen MR) is 72.0 cm³/mol. The van der Waals surface area contributed by atoms with Crippen molar-refractivity contribution in [2.24, 2.45) is 5.41 Å². The lowest BCUT2D eigenvalue weighted by molar-refractivity contribution is -0.138. The van der Waals surface area contributed by atoms with E-state index in [1.165, 1.54) is 0 Å². The van der Waals surface area contributed by atoms with E-state index in [0.717, 1.165) is 19.3 Å². The standard InChI is InChI=1S/C14H26N2O2/c1-5-8-14(12-15,9-6-2)13(17)16(3)10-7-11-18-4/h5-11H2,1-4H3. The molecule has 18 heavy (non-hydrogen) atoms. The molecule has 0 unspecified atom stereocenters. The lowest BCUT2D eigenvalue weighted by atomic mass is 9.79. The quantitative estimate of drug-likeness (QED) is 0.594. The minimum atomic E-state index is -0.828. The molecule has 0 fully saturated rings. The van der Waals surface area contributed by atoms with Crippen molar-refractivity contribution in [2.45, 2.75) is 46.0 Å². The molecule has 0 aliphatic carbocycles. The molecule has 1 amide bonds. The van der Waals surface area contributed by atoms with E-state index in [4.69, 9.17) is 4.74 Å². The molecule has 0 rings (SSSR count). The molecular formula is C14H26N2O2.